The third kappa shape index (κ3) is 5.69. The highest BCUT2D eigenvalue weighted by atomic mass is 16.5. The number of anilines is 2. The highest BCUT2D eigenvalue weighted by Gasteiger charge is 2.18. The molecule has 1 aliphatic rings. The lowest BCUT2D eigenvalue weighted by molar-refractivity contribution is -0.122. The van der Waals surface area contributed by atoms with Crippen LogP contribution in [0.1, 0.15) is 37.8 Å². The van der Waals surface area contributed by atoms with Crippen LogP contribution in [0, 0.1) is 19.8 Å². The van der Waals surface area contributed by atoms with Crippen molar-refractivity contribution in [3.63, 3.8) is 0 Å². The molecule has 172 valence electrons. The van der Waals surface area contributed by atoms with Gasteiger partial charge in [0.05, 0.1) is 5.69 Å². The van der Waals surface area contributed by atoms with Gasteiger partial charge < -0.3 is 15.0 Å². The average Bonchev–Trinajstić information content (AvgIpc) is 2.82. The molecule has 0 bridgehead atoms. The third-order valence-electron chi connectivity index (χ3n) is 6.34. The topological polar surface area (TPSA) is 67.3 Å². The zero-order valence-corrected chi connectivity index (χ0v) is 19.8. The highest BCUT2D eigenvalue weighted by molar-refractivity contribution is 5.94. The Bertz CT molecular complexity index is 1110. The number of carbonyl (C=O) groups excluding carboxylic acids is 1. The smallest absolute Gasteiger partial charge is 0.265 e. The summed E-state index contributed by atoms with van der Waals surface area (Å²) in [4.78, 5) is 15.0. The lowest BCUT2D eigenvalue weighted by Gasteiger charge is -2.30. The number of nitrogens with one attached hydrogen (secondary N) is 1. The summed E-state index contributed by atoms with van der Waals surface area (Å²) in [7, 11) is 0. The van der Waals surface area contributed by atoms with Crippen molar-refractivity contribution in [3.8, 4) is 17.0 Å². The van der Waals surface area contributed by atoms with Crippen molar-refractivity contribution in [2.24, 2.45) is 5.92 Å². The van der Waals surface area contributed by atoms with Crippen molar-refractivity contribution in [1.29, 1.82) is 0 Å². The van der Waals surface area contributed by atoms with E-state index in [0.29, 0.717) is 11.4 Å². The van der Waals surface area contributed by atoms with Crippen molar-refractivity contribution in [3.05, 3.63) is 65.7 Å². The van der Waals surface area contributed by atoms with Crippen molar-refractivity contribution in [2.45, 2.75) is 46.6 Å². The molecule has 1 aromatic heterocycles. The maximum absolute atomic E-state index is 12.7. The van der Waals surface area contributed by atoms with Crippen LogP contribution in [-0.2, 0) is 4.79 Å². The molecular formula is C27H32N4O2. The largest absolute Gasteiger partial charge is 0.481 e. The van der Waals surface area contributed by atoms with Crippen LogP contribution in [0.25, 0.3) is 11.3 Å². The van der Waals surface area contributed by atoms with Crippen LogP contribution in [0.4, 0.5) is 11.5 Å². The first-order valence-corrected chi connectivity index (χ1v) is 11.6. The number of carbonyl (C=O) groups is 1. The average molecular weight is 445 g/mol. The molecule has 1 fully saturated rings. The Morgan fingerprint density at radius 1 is 1.03 bits per heavy atom. The summed E-state index contributed by atoms with van der Waals surface area (Å²) in [5.41, 5.74) is 4.71. The second-order valence-electron chi connectivity index (χ2n) is 9.02. The van der Waals surface area contributed by atoms with E-state index in [9.17, 15) is 4.79 Å². The number of ether oxygens (including phenoxy) is 1. The first-order valence-electron chi connectivity index (χ1n) is 11.6. The van der Waals surface area contributed by atoms with E-state index in [-0.39, 0.29) is 5.91 Å². The minimum Gasteiger partial charge on any atom is -0.481 e. The van der Waals surface area contributed by atoms with Gasteiger partial charge in [0.15, 0.2) is 11.9 Å². The number of benzene rings is 2. The molecule has 0 spiro atoms. The predicted molar refractivity (Wildman–Crippen MR) is 133 cm³/mol. The Morgan fingerprint density at radius 3 is 2.52 bits per heavy atom. The molecule has 1 unspecified atom stereocenters. The summed E-state index contributed by atoms with van der Waals surface area (Å²) in [5, 5.41) is 11.8. The molecule has 2 aromatic carbocycles. The number of nitrogens with zero attached hydrogens (tertiary/aromatic N) is 3. The minimum atomic E-state index is -0.623. The summed E-state index contributed by atoms with van der Waals surface area (Å²) in [6, 6.07) is 17.5. The van der Waals surface area contributed by atoms with Gasteiger partial charge in [0.1, 0.15) is 5.75 Å². The molecule has 0 radical (unpaired) electrons. The zero-order chi connectivity index (χ0) is 23.4. The van der Waals surface area contributed by atoms with Crippen molar-refractivity contribution >= 4 is 17.4 Å². The summed E-state index contributed by atoms with van der Waals surface area (Å²) >= 11 is 0. The Labute approximate surface area is 196 Å². The fourth-order valence-corrected chi connectivity index (χ4v) is 3.93. The van der Waals surface area contributed by atoms with Crippen LogP contribution in [0.3, 0.4) is 0 Å². The number of piperidine rings is 1. The van der Waals surface area contributed by atoms with E-state index in [0.717, 1.165) is 41.6 Å². The minimum absolute atomic E-state index is 0.203. The SMILES string of the molecule is Cc1ccc(OC(C)C(=O)Nc2cccc(-c3ccc(N4CCC(C)CC4)nn3)c2)cc1C. The second-order valence-corrected chi connectivity index (χ2v) is 9.02. The molecule has 1 atom stereocenters. The summed E-state index contributed by atoms with van der Waals surface area (Å²) < 4.78 is 5.84. The first kappa shape index (κ1) is 22.8. The molecule has 1 aliphatic heterocycles. The molecule has 33 heavy (non-hydrogen) atoms. The van der Waals surface area contributed by atoms with Crippen LogP contribution >= 0.6 is 0 Å². The molecule has 2 heterocycles. The van der Waals surface area contributed by atoms with Gasteiger partial charge in [0, 0.05) is 24.3 Å². The lowest BCUT2D eigenvalue weighted by Crippen LogP contribution is -2.33. The quantitative estimate of drug-likeness (QED) is 0.551. The Balaban J connectivity index is 1.40. The number of rotatable bonds is 6. The summed E-state index contributed by atoms with van der Waals surface area (Å²) in [6.07, 6.45) is 1.76. The molecule has 4 rings (SSSR count). The molecular weight excluding hydrogens is 412 g/mol. The number of aryl methyl sites for hydroxylation is 2. The fraction of sp³-hybridized carbons (Fsp3) is 0.370. The van der Waals surface area contributed by atoms with Gasteiger partial charge in [-0.3, -0.25) is 4.79 Å². The highest BCUT2D eigenvalue weighted by Crippen LogP contribution is 2.25. The molecule has 1 saturated heterocycles. The van der Waals surface area contributed by atoms with Crippen LogP contribution < -0.4 is 15.0 Å². The van der Waals surface area contributed by atoms with Gasteiger partial charge in [-0.2, -0.15) is 0 Å². The van der Waals surface area contributed by atoms with E-state index in [1.807, 2.05) is 68.4 Å². The Kier molecular flexibility index (Phi) is 6.92. The molecule has 1 amide bonds. The van der Waals surface area contributed by atoms with Gasteiger partial charge in [0.2, 0.25) is 0 Å². The molecule has 1 N–H and O–H groups in total. The normalized spacial score (nSPS) is 15.2. The predicted octanol–water partition coefficient (Wildman–Crippen LogP) is 5.40. The molecule has 6 nitrogen and oxygen atoms in total. The van der Waals surface area contributed by atoms with E-state index in [1.165, 1.54) is 18.4 Å². The first-order chi connectivity index (χ1) is 15.9. The van der Waals surface area contributed by atoms with E-state index >= 15 is 0 Å². The Hall–Kier alpha value is -3.41. The van der Waals surface area contributed by atoms with E-state index in [4.69, 9.17) is 4.74 Å². The number of hydrogen-bond donors (Lipinski definition) is 1. The van der Waals surface area contributed by atoms with E-state index in [2.05, 4.69) is 27.3 Å². The third-order valence-corrected chi connectivity index (χ3v) is 6.34. The van der Waals surface area contributed by atoms with Gasteiger partial charge in [-0.1, -0.05) is 25.1 Å². The maximum Gasteiger partial charge on any atom is 0.265 e. The van der Waals surface area contributed by atoms with Gasteiger partial charge in [-0.25, -0.2) is 0 Å². The van der Waals surface area contributed by atoms with Crippen molar-refractivity contribution < 1.29 is 9.53 Å². The number of hydrogen-bond acceptors (Lipinski definition) is 5. The van der Waals surface area contributed by atoms with Crippen LogP contribution in [0.15, 0.2) is 54.6 Å². The van der Waals surface area contributed by atoms with Crippen molar-refractivity contribution in [1.82, 2.24) is 10.2 Å². The fourth-order valence-electron chi connectivity index (χ4n) is 3.93. The van der Waals surface area contributed by atoms with Crippen LogP contribution in [0.5, 0.6) is 5.75 Å². The molecule has 0 saturated carbocycles. The summed E-state index contributed by atoms with van der Waals surface area (Å²) in [5.74, 6) is 2.19. The van der Waals surface area contributed by atoms with Crippen LogP contribution in [0.2, 0.25) is 0 Å². The zero-order valence-electron chi connectivity index (χ0n) is 19.8. The molecule has 6 heteroatoms. The monoisotopic (exact) mass is 444 g/mol. The van der Waals surface area contributed by atoms with Crippen molar-refractivity contribution in [2.75, 3.05) is 23.3 Å². The second kappa shape index (κ2) is 10.0. The van der Waals surface area contributed by atoms with Gasteiger partial charge >= 0.3 is 0 Å². The van der Waals surface area contributed by atoms with Crippen LogP contribution in [-0.4, -0.2) is 35.3 Å². The number of aromatic nitrogens is 2. The van der Waals surface area contributed by atoms with E-state index in [1.54, 1.807) is 6.92 Å². The van der Waals surface area contributed by atoms with E-state index < -0.39 is 6.10 Å². The molecule has 0 aliphatic carbocycles. The summed E-state index contributed by atoms with van der Waals surface area (Å²) in [6.45, 7) is 10.2. The lowest BCUT2D eigenvalue weighted by atomic mass is 9.99. The Morgan fingerprint density at radius 2 is 1.82 bits per heavy atom. The number of amides is 1. The van der Waals surface area contributed by atoms with Gasteiger partial charge in [-0.15, -0.1) is 10.2 Å². The van der Waals surface area contributed by atoms with Gasteiger partial charge in [0.25, 0.3) is 5.91 Å². The maximum atomic E-state index is 12.7. The standard InChI is InChI=1S/C27H32N4O2/c1-18-12-14-31(15-13-18)26-11-10-25(29-30-26)22-6-5-7-23(17-22)28-27(32)21(4)33-24-9-8-19(2)20(3)16-24/h5-11,16-18,21H,12-15H2,1-4H3,(H,28,32). The van der Waals surface area contributed by atoms with Gasteiger partial charge in [-0.05, 0) is 87.1 Å². The molecule has 3 aromatic rings.